The zero-order valence-corrected chi connectivity index (χ0v) is 16.6. The van der Waals surface area contributed by atoms with Crippen LogP contribution in [0.15, 0.2) is 50.2 Å². The van der Waals surface area contributed by atoms with Gasteiger partial charge in [-0.2, -0.15) is 0 Å². The molecular weight excluding hydrogens is 462 g/mol. The third kappa shape index (κ3) is 2.98. The van der Waals surface area contributed by atoms with Crippen LogP contribution in [0.4, 0.5) is 5.69 Å². The average molecular weight is 475 g/mol. The summed E-state index contributed by atoms with van der Waals surface area (Å²) in [6.07, 6.45) is 0.547. The highest BCUT2D eigenvalue weighted by Crippen LogP contribution is 2.36. The molecular formula is C16H13Br2NO4S. The molecule has 1 aliphatic heterocycles. The van der Waals surface area contributed by atoms with Crippen LogP contribution >= 0.6 is 31.9 Å². The van der Waals surface area contributed by atoms with Gasteiger partial charge in [0.15, 0.2) is 0 Å². The van der Waals surface area contributed by atoms with E-state index >= 15 is 0 Å². The molecule has 2 aromatic carbocycles. The number of anilines is 1. The maximum Gasteiger partial charge on any atom is 0.337 e. The Bertz CT molecular complexity index is 928. The van der Waals surface area contributed by atoms with Gasteiger partial charge in [0.05, 0.1) is 18.4 Å². The summed E-state index contributed by atoms with van der Waals surface area (Å²) in [5, 5.41) is 0. The van der Waals surface area contributed by atoms with Gasteiger partial charge >= 0.3 is 5.97 Å². The van der Waals surface area contributed by atoms with E-state index in [0.29, 0.717) is 33.2 Å². The number of fused-ring (bicyclic) bond motifs is 1. The molecule has 0 bridgehead atoms. The van der Waals surface area contributed by atoms with E-state index in [1.165, 1.54) is 11.4 Å². The molecule has 24 heavy (non-hydrogen) atoms. The fraction of sp³-hybridized carbons (Fsp3) is 0.188. The Hall–Kier alpha value is -1.38. The van der Waals surface area contributed by atoms with Crippen molar-refractivity contribution < 1.29 is 17.9 Å². The van der Waals surface area contributed by atoms with Crippen molar-refractivity contribution in [3.05, 3.63) is 56.5 Å². The highest BCUT2D eigenvalue weighted by atomic mass is 79.9. The van der Waals surface area contributed by atoms with Gasteiger partial charge in [0, 0.05) is 15.5 Å². The molecule has 3 rings (SSSR count). The zero-order chi connectivity index (χ0) is 17.5. The van der Waals surface area contributed by atoms with Crippen molar-refractivity contribution in [2.75, 3.05) is 18.0 Å². The largest absolute Gasteiger partial charge is 0.465 e. The highest BCUT2D eigenvalue weighted by Gasteiger charge is 2.32. The molecule has 0 amide bonds. The number of hydrogen-bond acceptors (Lipinski definition) is 4. The van der Waals surface area contributed by atoms with Crippen molar-refractivity contribution in [3.8, 4) is 0 Å². The lowest BCUT2D eigenvalue weighted by atomic mass is 10.1. The van der Waals surface area contributed by atoms with Crippen LogP contribution in [-0.2, 0) is 21.2 Å². The van der Waals surface area contributed by atoms with E-state index in [2.05, 4.69) is 31.9 Å². The summed E-state index contributed by atoms with van der Waals surface area (Å²) in [4.78, 5) is 11.8. The number of carbonyl (C=O) groups excluding carboxylic acids is 1. The summed E-state index contributed by atoms with van der Waals surface area (Å²) >= 11 is 6.61. The number of methoxy groups -OCH3 is 1. The van der Waals surface area contributed by atoms with E-state index in [1.807, 2.05) is 0 Å². The first-order chi connectivity index (χ1) is 11.3. The minimum absolute atomic E-state index is 0.196. The molecule has 1 heterocycles. The first kappa shape index (κ1) is 17.4. The smallest absolute Gasteiger partial charge is 0.337 e. The van der Waals surface area contributed by atoms with Gasteiger partial charge < -0.3 is 4.74 Å². The van der Waals surface area contributed by atoms with Gasteiger partial charge in [0.2, 0.25) is 0 Å². The van der Waals surface area contributed by atoms with Gasteiger partial charge in [-0.25, -0.2) is 13.2 Å². The van der Waals surface area contributed by atoms with Crippen LogP contribution < -0.4 is 4.31 Å². The quantitative estimate of drug-likeness (QED) is 0.635. The Morgan fingerprint density at radius 1 is 1.17 bits per heavy atom. The molecule has 0 atom stereocenters. The number of hydrogen-bond donors (Lipinski definition) is 0. The number of sulfonamides is 1. The van der Waals surface area contributed by atoms with Crippen LogP contribution in [0.5, 0.6) is 0 Å². The normalized spacial score (nSPS) is 13.7. The van der Waals surface area contributed by atoms with Gasteiger partial charge in [-0.15, -0.1) is 0 Å². The fourth-order valence-electron chi connectivity index (χ4n) is 2.66. The number of nitrogens with zero attached hydrogens (tertiary/aromatic N) is 1. The Morgan fingerprint density at radius 3 is 2.62 bits per heavy atom. The molecule has 0 N–H and O–H groups in total. The van der Waals surface area contributed by atoms with Crippen LogP contribution in [0, 0.1) is 0 Å². The molecule has 8 heteroatoms. The fourth-order valence-corrected chi connectivity index (χ4v) is 5.63. The Kier molecular flexibility index (Phi) is 4.72. The maximum absolute atomic E-state index is 13.0. The second-order valence-corrected chi connectivity index (χ2v) is 8.84. The molecule has 1 aliphatic rings. The van der Waals surface area contributed by atoms with Crippen molar-refractivity contribution in [2.24, 2.45) is 0 Å². The lowest BCUT2D eigenvalue weighted by Crippen LogP contribution is -2.29. The van der Waals surface area contributed by atoms with Crippen LogP contribution in [0.1, 0.15) is 15.9 Å². The highest BCUT2D eigenvalue weighted by molar-refractivity contribution is 9.11. The molecule has 0 aromatic heterocycles. The van der Waals surface area contributed by atoms with E-state index in [0.717, 1.165) is 5.56 Å². The summed E-state index contributed by atoms with van der Waals surface area (Å²) < 4.78 is 33.3. The van der Waals surface area contributed by atoms with Gasteiger partial charge in [0.1, 0.15) is 4.90 Å². The van der Waals surface area contributed by atoms with Gasteiger partial charge in [-0.1, -0.05) is 15.9 Å². The molecule has 2 aromatic rings. The SMILES string of the molecule is COC(=O)c1ccc2c(c1)CCN2S(=O)(=O)c1cc(Br)ccc1Br. The molecule has 126 valence electrons. The predicted octanol–water partition coefficient (Wildman–Crippen LogP) is 3.75. The van der Waals surface area contributed by atoms with E-state index in [1.54, 1.807) is 36.4 Å². The van der Waals surface area contributed by atoms with Crippen LogP contribution in [0.25, 0.3) is 0 Å². The Morgan fingerprint density at radius 2 is 1.92 bits per heavy atom. The lowest BCUT2D eigenvalue weighted by molar-refractivity contribution is 0.0600. The number of esters is 1. The standard InChI is InChI=1S/C16H13Br2NO4S/c1-23-16(20)11-2-5-14-10(8-11)6-7-19(14)24(21,22)15-9-12(17)3-4-13(15)18/h2-5,8-9H,6-7H2,1H3. The molecule has 0 radical (unpaired) electrons. The summed E-state index contributed by atoms with van der Waals surface area (Å²) in [6.45, 7) is 0.335. The number of rotatable bonds is 3. The van der Waals surface area contributed by atoms with Crippen molar-refractivity contribution in [2.45, 2.75) is 11.3 Å². The maximum atomic E-state index is 13.0. The summed E-state index contributed by atoms with van der Waals surface area (Å²) in [6, 6.07) is 9.94. The summed E-state index contributed by atoms with van der Waals surface area (Å²) in [5.41, 5.74) is 1.82. The Labute approximate surface area is 156 Å². The predicted molar refractivity (Wildman–Crippen MR) is 97.9 cm³/mol. The minimum atomic E-state index is -3.70. The van der Waals surface area contributed by atoms with Crippen molar-refractivity contribution in [3.63, 3.8) is 0 Å². The van der Waals surface area contributed by atoms with Crippen molar-refractivity contribution in [1.82, 2.24) is 0 Å². The van der Waals surface area contributed by atoms with E-state index < -0.39 is 16.0 Å². The number of benzene rings is 2. The lowest BCUT2D eigenvalue weighted by Gasteiger charge is -2.20. The zero-order valence-electron chi connectivity index (χ0n) is 12.6. The van der Waals surface area contributed by atoms with Crippen molar-refractivity contribution in [1.29, 1.82) is 0 Å². The minimum Gasteiger partial charge on any atom is -0.465 e. The van der Waals surface area contributed by atoms with E-state index in [9.17, 15) is 13.2 Å². The number of ether oxygens (including phenoxy) is 1. The van der Waals surface area contributed by atoms with Crippen molar-refractivity contribution >= 4 is 53.5 Å². The topological polar surface area (TPSA) is 63.7 Å². The first-order valence-electron chi connectivity index (χ1n) is 7.03. The van der Waals surface area contributed by atoms with Crippen LogP contribution in [0.3, 0.4) is 0 Å². The molecule has 0 aliphatic carbocycles. The van der Waals surface area contributed by atoms with Gasteiger partial charge in [-0.3, -0.25) is 4.31 Å². The Balaban J connectivity index is 2.04. The molecule has 5 nitrogen and oxygen atoms in total. The molecule has 0 fully saturated rings. The molecule has 0 spiro atoms. The third-order valence-corrected chi connectivity index (χ3v) is 7.12. The first-order valence-corrected chi connectivity index (χ1v) is 10.1. The monoisotopic (exact) mass is 473 g/mol. The molecule has 0 unspecified atom stereocenters. The summed E-state index contributed by atoms with van der Waals surface area (Å²) in [7, 11) is -2.39. The van der Waals surface area contributed by atoms with Crippen LogP contribution in [0.2, 0.25) is 0 Å². The third-order valence-electron chi connectivity index (χ3n) is 3.81. The number of carbonyl (C=O) groups is 1. The van der Waals surface area contributed by atoms with Gasteiger partial charge in [-0.05, 0) is 64.3 Å². The van der Waals surface area contributed by atoms with E-state index in [4.69, 9.17) is 4.74 Å². The van der Waals surface area contributed by atoms with Gasteiger partial charge in [0.25, 0.3) is 10.0 Å². The number of halogens is 2. The molecule has 0 saturated carbocycles. The van der Waals surface area contributed by atoms with E-state index in [-0.39, 0.29) is 4.90 Å². The second kappa shape index (κ2) is 6.50. The molecule has 0 saturated heterocycles. The second-order valence-electron chi connectivity index (χ2n) is 5.24. The average Bonchev–Trinajstić information content (AvgIpc) is 3.00. The summed E-state index contributed by atoms with van der Waals surface area (Å²) in [5.74, 6) is -0.436. The van der Waals surface area contributed by atoms with Crippen LogP contribution in [-0.4, -0.2) is 28.0 Å².